The maximum atomic E-state index is 13.6. The molecule has 1 N–H and O–H groups in total. The molecule has 0 radical (unpaired) electrons. The maximum absolute atomic E-state index is 13.6. The van der Waals surface area contributed by atoms with Gasteiger partial charge in [0.05, 0.1) is 12.2 Å². The molecule has 150 valence electrons. The van der Waals surface area contributed by atoms with Crippen LogP contribution in [-0.2, 0) is 10.0 Å². The highest BCUT2D eigenvalue weighted by atomic mass is 32.2. The Balaban J connectivity index is 2.04. The summed E-state index contributed by atoms with van der Waals surface area (Å²) in [5.74, 6) is -5.04. The number of nitrogens with one attached hydrogen (secondary N) is 1. The second-order valence-corrected chi connectivity index (χ2v) is 7.61. The van der Waals surface area contributed by atoms with Crippen LogP contribution in [0.25, 0.3) is 5.69 Å². The van der Waals surface area contributed by atoms with Crippen molar-refractivity contribution in [2.45, 2.75) is 12.0 Å². The van der Waals surface area contributed by atoms with Gasteiger partial charge in [0, 0.05) is 11.5 Å². The predicted molar refractivity (Wildman–Crippen MR) is 92.2 cm³/mol. The van der Waals surface area contributed by atoms with Crippen LogP contribution in [0.5, 0.6) is 0 Å². The standard InChI is InChI=1S/C16H14F4N4O3S/c1-2-28(26,27)22-15(25)12-7-14(23-9-16(19,20)13(23)8-17)24(21-12)11-5-3-10(18)4-6-11/h2-7,13H,1,8-9H2,(H,22,25)/t13-/m0/s1. The van der Waals surface area contributed by atoms with E-state index in [1.807, 2.05) is 0 Å². The van der Waals surface area contributed by atoms with Gasteiger partial charge in [-0.25, -0.2) is 35.4 Å². The van der Waals surface area contributed by atoms with Gasteiger partial charge in [-0.2, -0.15) is 5.10 Å². The highest BCUT2D eigenvalue weighted by molar-refractivity contribution is 7.92. The fourth-order valence-electron chi connectivity index (χ4n) is 2.68. The Hall–Kier alpha value is -2.89. The number of hydrogen-bond acceptors (Lipinski definition) is 5. The first-order chi connectivity index (χ1) is 13.1. The molecule has 1 saturated heterocycles. The molecule has 0 bridgehead atoms. The summed E-state index contributed by atoms with van der Waals surface area (Å²) >= 11 is 0. The van der Waals surface area contributed by atoms with Gasteiger partial charge in [-0.15, -0.1) is 0 Å². The minimum Gasteiger partial charge on any atom is -0.339 e. The van der Waals surface area contributed by atoms with Crippen LogP contribution in [0, 0.1) is 5.82 Å². The monoisotopic (exact) mass is 418 g/mol. The van der Waals surface area contributed by atoms with E-state index < -0.39 is 52.6 Å². The van der Waals surface area contributed by atoms with Gasteiger partial charge in [-0.05, 0) is 24.3 Å². The van der Waals surface area contributed by atoms with Gasteiger partial charge < -0.3 is 4.90 Å². The molecule has 1 atom stereocenters. The van der Waals surface area contributed by atoms with Crippen molar-refractivity contribution in [2.75, 3.05) is 18.1 Å². The number of amides is 1. The summed E-state index contributed by atoms with van der Waals surface area (Å²) in [6.07, 6.45) is 0. The van der Waals surface area contributed by atoms with Gasteiger partial charge in [0.2, 0.25) is 0 Å². The van der Waals surface area contributed by atoms with E-state index in [0.717, 1.165) is 27.8 Å². The Kier molecular flexibility index (Phi) is 4.91. The zero-order valence-electron chi connectivity index (χ0n) is 14.1. The smallest absolute Gasteiger partial charge is 0.287 e. The fraction of sp³-hybridized carbons (Fsp3) is 0.250. The van der Waals surface area contributed by atoms with E-state index in [2.05, 4.69) is 11.7 Å². The second-order valence-electron chi connectivity index (χ2n) is 5.98. The van der Waals surface area contributed by atoms with Gasteiger partial charge in [0.1, 0.15) is 24.4 Å². The minimum atomic E-state index is -4.11. The molecule has 0 unspecified atom stereocenters. The van der Waals surface area contributed by atoms with Crippen LogP contribution in [0.4, 0.5) is 23.4 Å². The number of hydrogen-bond donors (Lipinski definition) is 1. The molecule has 12 heteroatoms. The molecule has 7 nitrogen and oxygen atoms in total. The van der Waals surface area contributed by atoms with E-state index in [1.54, 1.807) is 4.72 Å². The molecular weight excluding hydrogens is 404 g/mol. The van der Waals surface area contributed by atoms with Gasteiger partial charge in [-0.3, -0.25) is 4.79 Å². The van der Waals surface area contributed by atoms with Crippen molar-refractivity contribution >= 4 is 21.7 Å². The van der Waals surface area contributed by atoms with E-state index >= 15 is 0 Å². The Morgan fingerprint density at radius 3 is 2.54 bits per heavy atom. The lowest BCUT2D eigenvalue weighted by Gasteiger charge is -2.47. The first kappa shape index (κ1) is 19.9. The van der Waals surface area contributed by atoms with Gasteiger partial charge >= 0.3 is 0 Å². The van der Waals surface area contributed by atoms with Gasteiger partial charge in [0.15, 0.2) is 5.69 Å². The van der Waals surface area contributed by atoms with Crippen molar-refractivity contribution in [3.05, 3.63) is 53.8 Å². The Labute approximate surface area is 157 Å². The minimum absolute atomic E-state index is 0.0682. The third-order valence-corrected chi connectivity index (χ3v) is 5.04. The molecule has 0 aliphatic carbocycles. The number of halogens is 4. The normalized spacial score (nSPS) is 18.4. The number of sulfonamides is 1. The zero-order chi connectivity index (χ0) is 20.7. The highest BCUT2D eigenvalue weighted by Gasteiger charge is 2.56. The lowest BCUT2D eigenvalue weighted by molar-refractivity contribution is -0.0771. The molecule has 1 aliphatic heterocycles. The molecule has 28 heavy (non-hydrogen) atoms. The summed E-state index contributed by atoms with van der Waals surface area (Å²) in [4.78, 5) is 13.2. The highest BCUT2D eigenvalue weighted by Crippen LogP contribution is 2.39. The van der Waals surface area contributed by atoms with Gasteiger partial charge in [0.25, 0.3) is 21.9 Å². The first-order valence-electron chi connectivity index (χ1n) is 7.84. The summed E-state index contributed by atoms with van der Waals surface area (Å²) in [7, 11) is -4.11. The lowest BCUT2D eigenvalue weighted by atomic mass is 9.99. The van der Waals surface area contributed by atoms with Crippen molar-refractivity contribution < 1.29 is 30.8 Å². The molecule has 1 fully saturated rings. The summed E-state index contributed by atoms with van der Waals surface area (Å²) in [5.41, 5.74) is -0.215. The van der Waals surface area contributed by atoms with Crippen LogP contribution in [0.1, 0.15) is 10.5 Å². The molecule has 2 heterocycles. The largest absolute Gasteiger partial charge is 0.339 e. The average molecular weight is 418 g/mol. The number of benzene rings is 1. The van der Waals surface area contributed by atoms with Crippen LogP contribution in [0.3, 0.4) is 0 Å². The molecule has 1 amide bonds. The predicted octanol–water partition coefficient (Wildman–Crippen LogP) is 2.01. The van der Waals surface area contributed by atoms with Crippen LogP contribution >= 0.6 is 0 Å². The number of carbonyl (C=O) groups is 1. The van der Waals surface area contributed by atoms with Crippen LogP contribution in [0.2, 0.25) is 0 Å². The van der Waals surface area contributed by atoms with Crippen LogP contribution in [0.15, 0.2) is 42.3 Å². The summed E-state index contributed by atoms with van der Waals surface area (Å²) < 4.78 is 79.2. The molecular formula is C16H14F4N4O3S. The third-order valence-electron chi connectivity index (χ3n) is 4.13. The van der Waals surface area contributed by atoms with Crippen LogP contribution in [-0.4, -0.2) is 49.3 Å². The maximum Gasteiger partial charge on any atom is 0.287 e. The molecule has 2 aromatic rings. The molecule has 0 spiro atoms. The zero-order valence-corrected chi connectivity index (χ0v) is 15.0. The SMILES string of the molecule is C=CS(=O)(=O)NC(=O)c1cc(N2CC(F)(F)[C@@H]2CF)n(-c2ccc(F)cc2)n1. The summed E-state index contributed by atoms with van der Waals surface area (Å²) in [6.45, 7) is 0.876. The summed E-state index contributed by atoms with van der Waals surface area (Å²) in [6, 6.07) is 4.00. The first-order valence-corrected chi connectivity index (χ1v) is 9.38. The average Bonchev–Trinajstić information content (AvgIpc) is 3.05. The number of anilines is 1. The van der Waals surface area contributed by atoms with Crippen LogP contribution < -0.4 is 9.62 Å². The Morgan fingerprint density at radius 1 is 1.36 bits per heavy atom. The van der Waals surface area contributed by atoms with Crippen molar-refractivity contribution in [1.29, 1.82) is 0 Å². The fourth-order valence-corrected chi connectivity index (χ4v) is 3.12. The molecule has 3 rings (SSSR count). The van der Waals surface area contributed by atoms with E-state index in [1.165, 1.54) is 12.1 Å². The van der Waals surface area contributed by atoms with Crippen molar-refractivity contribution in [3.8, 4) is 5.69 Å². The molecule has 1 aromatic carbocycles. The topological polar surface area (TPSA) is 84.3 Å². The van der Waals surface area contributed by atoms with Crippen molar-refractivity contribution in [3.63, 3.8) is 0 Å². The van der Waals surface area contributed by atoms with E-state index in [4.69, 9.17) is 0 Å². The number of aromatic nitrogens is 2. The molecule has 1 aromatic heterocycles. The van der Waals surface area contributed by atoms with E-state index in [9.17, 15) is 30.8 Å². The van der Waals surface area contributed by atoms with Crippen molar-refractivity contribution in [1.82, 2.24) is 14.5 Å². The lowest BCUT2D eigenvalue weighted by Crippen LogP contribution is -2.66. The Bertz CT molecular complexity index is 1020. The van der Waals surface area contributed by atoms with E-state index in [0.29, 0.717) is 5.41 Å². The quantitative estimate of drug-likeness (QED) is 0.726. The number of carbonyl (C=O) groups excluding carboxylic acids is 1. The second kappa shape index (κ2) is 6.93. The number of alkyl halides is 3. The van der Waals surface area contributed by atoms with Crippen molar-refractivity contribution in [2.24, 2.45) is 0 Å². The summed E-state index contributed by atoms with van der Waals surface area (Å²) in [5, 5.41) is 4.43. The number of nitrogens with zero attached hydrogens (tertiary/aromatic N) is 3. The third kappa shape index (κ3) is 3.59. The Morgan fingerprint density at radius 2 is 2.00 bits per heavy atom. The van der Waals surface area contributed by atoms with Gasteiger partial charge in [-0.1, -0.05) is 6.58 Å². The van der Waals surface area contributed by atoms with E-state index in [-0.39, 0.29) is 11.5 Å². The molecule has 1 aliphatic rings. The number of rotatable bonds is 6. The molecule has 0 saturated carbocycles.